The lowest BCUT2D eigenvalue weighted by molar-refractivity contribution is 0.601. The van der Waals surface area contributed by atoms with Crippen molar-refractivity contribution in [2.75, 3.05) is 10.2 Å². The Morgan fingerprint density at radius 2 is 1.27 bits per heavy atom. The van der Waals surface area contributed by atoms with E-state index in [1.54, 1.807) is 0 Å². The highest BCUT2D eigenvalue weighted by atomic mass is 15.3. The quantitative estimate of drug-likeness (QED) is 0.146. The third-order valence-corrected chi connectivity index (χ3v) is 9.78. The number of fused-ring (bicyclic) bond motifs is 1. The highest BCUT2D eigenvalue weighted by Crippen LogP contribution is 2.44. The fourth-order valence-electron chi connectivity index (χ4n) is 7.24. The Morgan fingerprint density at radius 1 is 0.596 bits per heavy atom. The summed E-state index contributed by atoms with van der Waals surface area (Å²) in [5, 5.41) is 13.9. The van der Waals surface area contributed by atoms with Crippen LogP contribution in [0.15, 0.2) is 158 Å². The fraction of sp³-hybridized carbons (Fsp3) is 0.128. The molecule has 7 aromatic rings. The van der Waals surface area contributed by atoms with Crippen molar-refractivity contribution in [2.24, 2.45) is 0 Å². The third kappa shape index (κ3) is 6.55. The molecule has 1 N–H and O–H groups in total. The zero-order valence-corrected chi connectivity index (χ0v) is 29.2. The maximum absolute atomic E-state index is 10.1. The van der Waals surface area contributed by atoms with Crippen molar-refractivity contribution in [3.63, 3.8) is 0 Å². The first-order valence-electron chi connectivity index (χ1n) is 18.1. The number of nitrogens with zero attached hydrogens (tertiary/aromatic N) is 4. The first kappa shape index (κ1) is 32.7. The number of rotatable bonds is 10. The molecule has 8 rings (SSSR count). The summed E-state index contributed by atoms with van der Waals surface area (Å²) in [4.78, 5) is 12.6. The summed E-state index contributed by atoms with van der Waals surface area (Å²) >= 11 is 0. The Kier molecular flexibility index (Phi) is 9.28. The number of aromatic nitrogens is 2. The molecule has 1 atom stereocenters. The van der Waals surface area contributed by atoms with Gasteiger partial charge < -0.3 is 10.2 Å². The molecular weight excluding hydrogens is 635 g/mol. The SMILES string of the molecule is CCCCCC1Nc2ccccc2N1c1cccc(-c2cc(C#N)ccc2-c2ccccc2-c2cc(-c3ccccc3)nc(-c3ccccc3)n2)c1. The summed E-state index contributed by atoms with van der Waals surface area (Å²) in [6.45, 7) is 2.25. The second kappa shape index (κ2) is 14.8. The predicted molar refractivity (Wildman–Crippen MR) is 214 cm³/mol. The Hall–Kier alpha value is -6.51. The van der Waals surface area contributed by atoms with Crippen LogP contribution in [0.1, 0.15) is 38.2 Å². The average molecular weight is 674 g/mol. The van der Waals surface area contributed by atoms with E-state index in [0.717, 1.165) is 74.5 Å². The van der Waals surface area contributed by atoms with Gasteiger partial charge in [-0.3, -0.25) is 0 Å². The van der Waals surface area contributed by atoms with Crippen LogP contribution < -0.4 is 10.2 Å². The number of hydrogen-bond acceptors (Lipinski definition) is 5. The van der Waals surface area contributed by atoms with Crippen LogP contribution in [0.3, 0.4) is 0 Å². The summed E-state index contributed by atoms with van der Waals surface area (Å²) in [7, 11) is 0. The van der Waals surface area contributed by atoms with Gasteiger partial charge in [0.25, 0.3) is 0 Å². The smallest absolute Gasteiger partial charge is 0.160 e. The van der Waals surface area contributed by atoms with Crippen molar-refractivity contribution in [1.29, 1.82) is 5.26 Å². The van der Waals surface area contributed by atoms with Gasteiger partial charge in [-0.15, -0.1) is 0 Å². The number of nitrogens with one attached hydrogen (secondary N) is 1. The van der Waals surface area contributed by atoms with Crippen molar-refractivity contribution in [2.45, 2.75) is 38.8 Å². The lowest BCUT2D eigenvalue weighted by atomic mass is 9.89. The highest BCUT2D eigenvalue weighted by Gasteiger charge is 2.29. The van der Waals surface area contributed by atoms with Gasteiger partial charge in [0.2, 0.25) is 0 Å². The van der Waals surface area contributed by atoms with Crippen LogP contribution in [0.25, 0.3) is 56.2 Å². The van der Waals surface area contributed by atoms with Crippen molar-refractivity contribution >= 4 is 17.1 Å². The minimum absolute atomic E-state index is 0.167. The zero-order valence-electron chi connectivity index (χ0n) is 29.2. The van der Waals surface area contributed by atoms with E-state index in [4.69, 9.17) is 9.97 Å². The standard InChI is InChI=1S/C47H39N5/c1-2-3-6-26-46-49-42-24-13-14-25-45(42)52(46)37-21-15-20-36(30-37)41-29-33(32-48)27-28-39(41)38-22-11-12-23-40(38)44-31-43(34-16-7-4-8-17-34)50-47(51-44)35-18-9-5-10-19-35/h4-5,7-25,27-31,46,49H,2-3,6,26H2,1H3. The van der Waals surface area contributed by atoms with Crippen LogP contribution in [0.4, 0.5) is 17.1 Å². The number of anilines is 3. The molecule has 0 fully saturated rings. The van der Waals surface area contributed by atoms with E-state index in [9.17, 15) is 5.26 Å². The van der Waals surface area contributed by atoms with Gasteiger partial charge in [0.05, 0.1) is 34.4 Å². The molecule has 1 aromatic heterocycles. The lowest BCUT2D eigenvalue weighted by Crippen LogP contribution is -2.31. The van der Waals surface area contributed by atoms with E-state index < -0.39 is 0 Å². The minimum Gasteiger partial charge on any atom is -0.363 e. The predicted octanol–water partition coefficient (Wildman–Crippen LogP) is 12.2. The van der Waals surface area contributed by atoms with Crippen molar-refractivity contribution in [1.82, 2.24) is 9.97 Å². The summed E-state index contributed by atoms with van der Waals surface area (Å²) in [6, 6.07) is 56.6. The average Bonchev–Trinajstić information content (AvgIpc) is 3.59. The van der Waals surface area contributed by atoms with E-state index in [2.05, 4.69) is 120 Å². The zero-order chi connectivity index (χ0) is 35.3. The van der Waals surface area contributed by atoms with Gasteiger partial charge in [0.1, 0.15) is 6.17 Å². The van der Waals surface area contributed by atoms with Crippen LogP contribution in [0.5, 0.6) is 0 Å². The van der Waals surface area contributed by atoms with Gasteiger partial charge in [-0.2, -0.15) is 5.26 Å². The third-order valence-electron chi connectivity index (χ3n) is 9.78. The number of hydrogen-bond donors (Lipinski definition) is 1. The molecule has 0 amide bonds. The molecule has 0 aliphatic carbocycles. The molecule has 1 aliphatic rings. The number of nitriles is 1. The van der Waals surface area contributed by atoms with E-state index in [0.29, 0.717) is 11.4 Å². The van der Waals surface area contributed by atoms with Crippen molar-refractivity contribution < 1.29 is 0 Å². The van der Waals surface area contributed by atoms with Crippen LogP contribution >= 0.6 is 0 Å². The topological polar surface area (TPSA) is 64.8 Å². The van der Waals surface area contributed by atoms with Gasteiger partial charge in [0, 0.05) is 22.4 Å². The van der Waals surface area contributed by atoms with Gasteiger partial charge in [-0.05, 0) is 77.6 Å². The molecule has 52 heavy (non-hydrogen) atoms. The van der Waals surface area contributed by atoms with Crippen molar-refractivity contribution in [3.05, 3.63) is 163 Å². The van der Waals surface area contributed by atoms with Gasteiger partial charge >= 0.3 is 0 Å². The Morgan fingerprint density at radius 3 is 2.06 bits per heavy atom. The molecular formula is C47H39N5. The fourth-order valence-corrected chi connectivity index (χ4v) is 7.24. The first-order chi connectivity index (χ1) is 25.7. The van der Waals surface area contributed by atoms with Gasteiger partial charge in [-0.25, -0.2) is 9.97 Å². The molecule has 5 heteroatoms. The molecule has 1 unspecified atom stereocenters. The monoisotopic (exact) mass is 673 g/mol. The van der Waals surface area contributed by atoms with E-state index in [-0.39, 0.29) is 6.17 Å². The summed E-state index contributed by atoms with van der Waals surface area (Å²) in [6.07, 6.45) is 4.76. The second-order valence-corrected chi connectivity index (χ2v) is 13.2. The van der Waals surface area contributed by atoms with Crippen LogP contribution in [-0.2, 0) is 0 Å². The molecule has 0 spiro atoms. The number of unbranched alkanes of at least 4 members (excludes halogenated alkanes) is 2. The molecule has 0 bridgehead atoms. The normalized spacial score (nSPS) is 13.3. The largest absolute Gasteiger partial charge is 0.363 e. The van der Waals surface area contributed by atoms with Crippen LogP contribution in [-0.4, -0.2) is 16.1 Å². The van der Waals surface area contributed by atoms with Crippen LogP contribution in [0.2, 0.25) is 0 Å². The molecule has 6 aromatic carbocycles. The lowest BCUT2D eigenvalue weighted by Gasteiger charge is -2.28. The highest BCUT2D eigenvalue weighted by molar-refractivity contribution is 5.93. The van der Waals surface area contributed by atoms with E-state index >= 15 is 0 Å². The van der Waals surface area contributed by atoms with Gasteiger partial charge in [-0.1, -0.05) is 135 Å². The maximum atomic E-state index is 10.1. The Labute approximate surface area is 305 Å². The summed E-state index contributed by atoms with van der Waals surface area (Å²) in [5.41, 5.74) is 12.9. The number of para-hydroxylation sites is 2. The summed E-state index contributed by atoms with van der Waals surface area (Å²) < 4.78 is 0. The second-order valence-electron chi connectivity index (χ2n) is 13.2. The van der Waals surface area contributed by atoms with Crippen LogP contribution in [0, 0.1) is 11.3 Å². The molecule has 252 valence electrons. The minimum atomic E-state index is 0.167. The van der Waals surface area contributed by atoms with E-state index in [1.165, 1.54) is 18.5 Å². The molecule has 0 saturated heterocycles. The first-order valence-corrected chi connectivity index (χ1v) is 18.1. The van der Waals surface area contributed by atoms with Crippen molar-refractivity contribution in [3.8, 4) is 62.2 Å². The maximum Gasteiger partial charge on any atom is 0.160 e. The molecule has 5 nitrogen and oxygen atoms in total. The molecule has 2 heterocycles. The van der Waals surface area contributed by atoms with Gasteiger partial charge in [0.15, 0.2) is 5.82 Å². The Balaban J connectivity index is 1.26. The molecule has 0 radical (unpaired) electrons. The Bertz CT molecular complexity index is 2320. The summed E-state index contributed by atoms with van der Waals surface area (Å²) in [5.74, 6) is 0.674. The van der Waals surface area contributed by atoms with E-state index in [1.807, 2.05) is 60.7 Å². The molecule has 1 aliphatic heterocycles. The number of benzene rings is 6. The molecule has 0 saturated carbocycles.